The average molecular weight is 184 g/mol. The molecule has 2 nitrogen and oxygen atoms in total. The molecule has 0 radical (unpaired) electrons. The van der Waals surface area contributed by atoms with E-state index in [2.05, 4.69) is 13.8 Å². The molecule has 0 aromatic heterocycles. The lowest BCUT2D eigenvalue weighted by Gasteiger charge is -2.67. The summed E-state index contributed by atoms with van der Waals surface area (Å²) >= 11 is 0. The van der Waals surface area contributed by atoms with Crippen LogP contribution in [-0.2, 0) is 4.74 Å². The van der Waals surface area contributed by atoms with E-state index >= 15 is 0 Å². The highest BCUT2D eigenvalue weighted by molar-refractivity contribution is 5.18. The summed E-state index contributed by atoms with van der Waals surface area (Å²) in [5, 5.41) is 10.5. The molecule has 2 atom stereocenters. The van der Waals surface area contributed by atoms with Gasteiger partial charge in [0.1, 0.15) is 0 Å². The van der Waals surface area contributed by atoms with Crippen LogP contribution in [0.4, 0.5) is 0 Å². The van der Waals surface area contributed by atoms with Crippen molar-refractivity contribution in [2.24, 2.45) is 11.3 Å². The monoisotopic (exact) mass is 184 g/mol. The van der Waals surface area contributed by atoms with Crippen LogP contribution < -0.4 is 0 Å². The van der Waals surface area contributed by atoms with Crippen molar-refractivity contribution >= 4 is 0 Å². The molecule has 0 aliphatic heterocycles. The van der Waals surface area contributed by atoms with Crippen LogP contribution in [0.2, 0.25) is 0 Å². The van der Waals surface area contributed by atoms with Gasteiger partial charge in [0, 0.05) is 18.9 Å². The average Bonchev–Trinajstić information content (AvgIpc) is 1.95. The van der Waals surface area contributed by atoms with Crippen LogP contribution in [-0.4, -0.2) is 23.9 Å². The lowest BCUT2D eigenvalue weighted by atomic mass is 9.43. The Hall–Kier alpha value is -0.0800. The van der Waals surface area contributed by atoms with E-state index in [0.29, 0.717) is 12.0 Å². The zero-order chi connectivity index (χ0) is 9.69. The summed E-state index contributed by atoms with van der Waals surface area (Å²) in [6.07, 6.45) is 4.71. The fraction of sp³-hybridized carbons (Fsp3) is 1.00. The Labute approximate surface area is 80.3 Å². The van der Waals surface area contributed by atoms with E-state index in [0.717, 1.165) is 19.3 Å². The SMILES string of the molecule is COC1CC(O)(C(C)C)C12CCC2. The Morgan fingerprint density at radius 2 is 2.00 bits per heavy atom. The predicted molar refractivity (Wildman–Crippen MR) is 51.5 cm³/mol. The highest BCUT2D eigenvalue weighted by Crippen LogP contribution is 2.65. The molecule has 76 valence electrons. The van der Waals surface area contributed by atoms with Crippen LogP contribution in [0.1, 0.15) is 39.5 Å². The molecule has 2 unspecified atom stereocenters. The van der Waals surface area contributed by atoms with Gasteiger partial charge in [-0.05, 0) is 18.8 Å². The number of methoxy groups -OCH3 is 1. The topological polar surface area (TPSA) is 29.5 Å². The van der Waals surface area contributed by atoms with Crippen LogP contribution in [0.3, 0.4) is 0 Å². The van der Waals surface area contributed by atoms with Gasteiger partial charge in [0.05, 0.1) is 11.7 Å². The summed E-state index contributed by atoms with van der Waals surface area (Å²) in [6, 6.07) is 0. The molecule has 2 heteroatoms. The van der Waals surface area contributed by atoms with Gasteiger partial charge in [0.15, 0.2) is 0 Å². The number of hydrogen-bond donors (Lipinski definition) is 1. The van der Waals surface area contributed by atoms with Crippen molar-refractivity contribution in [3.8, 4) is 0 Å². The fourth-order valence-electron chi connectivity index (χ4n) is 3.26. The molecule has 0 amide bonds. The Morgan fingerprint density at radius 1 is 1.38 bits per heavy atom. The molecule has 0 bridgehead atoms. The molecule has 2 aliphatic carbocycles. The fourth-order valence-corrected chi connectivity index (χ4v) is 3.26. The zero-order valence-corrected chi connectivity index (χ0v) is 8.84. The Kier molecular flexibility index (Phi) is 1.97. The van der Waals surface area contributed by atoms with Crippen LogP contribution in [0, 0.1) is 11.3 Å². The molecule has 2 fully saturated rings. The van der Waals surface area contributed by atoms with Crippen LogP contribution in [0.15, 0.2) is 0 Å². The highest BCUT2D eigenvalue weighted by Gasteiger charge is 2.68. The van der Waals surface area contributed by atoms with Gasteiger partial charge in [0.25, 0.3) is 0 Å². The van der Waals surface area contributed by atoms with E-state index in [1.165, 1.54) is 6.42 Å². The van der Waals surface area contributed by atoms with Gasteiger partial charge in [-0.3, -0.25) is 0 Å². The molecule has 1 spiro atoms. The molecule has 2 saturated carbocycles. The summed E-state index contributed by atoms with van der Waals surface area (Å²) < 4.78 is 5.43. The largest absolute Gasteiger partial charge is 0.389 e. The Balaban J connectivity index is 2.17. The normalized spacial score (nSPS) is 41.8. The van der Waals surface area contributed by atoms with E-state index < -0.39 is 5.60 Å². The second-order valence-electron chi connectivity index (χ2n) is 5.02. The van der Waals surface area contributed by atoms with E-state index in [-0.39, 0.29) is 5.41 Å². The van der Waals surface area contributed by atoms with Gasteiger partial charge < -0.3 is 9.84 Å². The van der Waals surface area contributed by atoms with E-state index in [1.807, 2.05) is 0 Å². The molecule has 0 saturated heterocycles. The molecule has 2 aliphatic rings. The van der Waals surface area contributed by atoms with Gasteiger partial charge in [-0.1, -0.05) is 20.3 Å². The predicted octanol–water partition coefficient (Wildman–Crippen LogP) is 1.96. The Bertz CT molecular complexity index is 208. The lowest BCUT2D eigenvalue weighted by molar-refractivity contribution is -0.298. The third kappa shape index (κ3) is 0.909. The maximum atomic E-state index is 10.5. The first kappa shape index (κ1) is 9.47. The number of aliphatic hydroxyl groups is 1. The van der Waals surface area contributed by atoms with Crippen LogP contribution >= 0.6 is 0 Å². The molecular formula is C11H20O2. The second-order valence-corrected chi connectivity index (χ2v) is 5.02. The van der Waals surface area contributed by atoms with Crippen molar-refractivity contribution < 1.29 is 9.84 Å². The standard InChI is InChI=1S/C11H20O2/c1-8(2)11(12)7-9(13-3)10(11)5-4-6-10/h8-9,12H,4-7H2,1-3H3. The summed E-state index contributed by atoms with van der Waals surface area (Å²) in [4.78, 5) is 0. The summed E-state index contributed by atoms with van der Waals surface area (Å²) in [5.74, 6) is 0.360. The van der Waals surface area contributed by atoms with Gasteiger partial charge in [-0.25, -0.2) is 0 Å². The van der Waals surface area contributed by atoms with Gasteiger partial charge >= 0.3 is 0 Å². The van der Waals surface area contributed by atoms with Crippen molar-refractivity contribution in [2.45, 2.75) is 51.2 Å². The molecule has 1 N–H and O–H groups in total. The number of ether oxygens (including phenoxy) is 1. The first-order valence-corrected chi connectivity index (χ1v) is 5.32. The number of rotatable bonds is 2. The van der Waals surface area contributed by atoms with Crippen molar-refractivity contribution in [1.29, 1.82) is 0 Å². The maximum Gasteiger partial charge on any atom is 0.0776 e. The summed E-state index contributed by atoms with van der Waals surface area (Å²) in [7, 11) is 1.77. The van der Waals surface area contributed by atoms with Crippen LogP contribution in [0.25, 0.3) is 0 Å². The minimum absolute atomic E-state index is 0.121. The molecular weight excluding hydrogens is 164 g/mol. The van der Waals surface area contributed by atoms with Gasteiger partial charge in [-0.15, -0.1) is 0 Å². The summed E-state index contributed by atoms with van der Waals surface area (Å²) in [6.45, 7) is 4.23. The molecule has 0 aromatic rings. The van der Waals surface area contributed by atoms with E-state index in [1.54, 1.807) is 7.11 Å². The molecule has 0 heterocycles. The maximum absolute atomic E-state index is 10.5. The summed E-state index contributed by atoms with van der Waals surface area (Å²) in [5.41, 5.74) is -0.318. The zero-order valence-electron chi connectivity index (χ0n) is 8.84. The van der Waals surface area contributed by atoms with Crippen molar-refractivity contribution in [3.05, 3.63) is 0 Å². The third-order valence-electron chi connectivity index (χ3n) is 4.46. The first-order valence-electron chi connectivity index (χ1n) is 5.32. The Morgan fingerprint density at radius 3 is 2.31 bits per heavy atom. The minimum atomic E-state index is -0.439. The quantitative estimate of drug-likeness (QED) is 0.711. The van der Waals surface area contributed by atoms with Crippen molar-refractivity contribution in [3.63, 3.8) is 0 Å². The highest BCUT2D eigenvalue weighted by atomic mass is 16.5. The second kappa shape index (κ2) is 2.71. The molecule has 0 aromatic carbocycles. The van der Waals surface area contributed by atoms with Crippen molar-refractivity contribution in [1.82, 2.24) is 0 Å². The van der Waals surface area contributed by atoms with Crippen LogP contribution in [0.5, 0.6) is 0 Å². The van der Waals surface area contributed by atoms with E-state index in [4.69, 9.17) is 4.74 Å². The third-order valence-corrected chi connectivity index (χ3v) is 4.46. The van der Waals surface area contributed by atoms with Gasteiger partial charge in [-0.2, -0.15) is 0 Å². The number of hydrogen-bond acceptors (Lipinski definition) is 2. The first-order chi connectivity index (χ1) is 6.07. The minimum Gasteiger partial charge on any atom is -0.389 e. The molecule has 2 rings (SSSR count). The lowest BCUT2D eigenvalue weighted by Crippen LogP contribution is -2.72. The molecule has 13 heavy (non-hydrogen) atoms. The smallest absolute Gasteiger partial charge is 0.0776 e. The van der Waals surface area contributed by atoms with Gasteiger partial charge in [0.2, 0.25) is 0 Å². The van der Waals surface area contributed by atoms with Crippen molar-refractivity contribution in [2.75, 3.05) is 7.11 Å². The van der Waals surface area contributed by atoms with E-state index in [9.17, 15) is 5.11 Å².